The molecule has 286 valence electrons. The van der Waals surface area contributed by atoms with E-state index in [4.69, 9.17) is 35.8 Å². The summed E-state index contributed by atoms with van der Waals surface area (Å²) in [6.45, 7) is 0.0284. The van der Waals surface area contributed by atoms with Crippen molar-refractivity contribution in [3.63, 3.8) is 0 Å². The van der Waals surface area contributed by atoms with Gasteiger partial charge in [0.15, 0.2) is 23.1 Å². The predicted octanol–water partition coefficient (Wildman–Crippen LogP) is 7.51. The number of hydrogen-bond donors (Lipinski definition) is 1. The van der Waals surface area contributed by atoms with Gasteiger partial charge in [-0.1, -0.05) is 5.92 Å². The van der Waals surface area contributed by atoms with Crippen LogP contribution in [-0.2, 0) is 23.7 Å². The molecule has 0 spiro atoms. The summed E-state index contributed by atoms with van der Waals surface area (Å²) >= 11 is 0. The van der Waals surface area contributed by atoms with Crippen LogP contribution in [0.5, 0.6) is 0 Å². The molecule has 8 saturated carbocycles. The molecule has 13 heteroatoms. The van der Waals surface area contributed by atoms with Crippen molar-refractivity contribution < 1.29 is 37.7 Å². The molecule has 0 amide bonds. The smallest absolute Gasteiger partial charge is 0.434 e. The Kier molecular flexibility index (Phi) is 8.98. The van der Waals surface area contributed by atoms with Gasteiger partial charge < -0.3 is 29.4 Å². The van der Waals surface area contributed by atoms with E-state index in [2.05, 4.69) is 20.9 Å². The van der Waals surface area contributed by atoms with Gasteiger partial charge in [0.05, 0.1) is 19.5 Å². The van der Waals surface area contributed by atoms with Crippen LogP contribution in [-0.4, -0.2) is 63.4 Å². The molecule has 53 heavy (non-hydrogen) atoms. The molecular formula is C40H52FN5O7. The molecule has 3 heterocycles. The van der Waals surface area contributed by atoms with E-state index in [1.165, 1.54) is 87.9 Å². The molecule has 12 nitrogen and oxygen atoms in total. The number of halogens is 1. The Labute approximate surface area is 309 Å². The molecular weight excluding hydrogens is 681 g/mol. The monoisotopic (exact) mass is 733 g/mol. The molecule has 1 aliphatic heterocycles. The normalized spacial score (nSPS) is 38.9. The molecule has 9 fully saturated rings. The maximum absolute atomic E-state index is 14.2. The van der Waals surface area contributed by atoms with Gasteiger partial charge in [-0.3, -0.25) is 4.57 Å². The predicted molar refractivity (Wildman–Crippen MR) is 189 cm³/mol. The average Bonchev–Trinajstić information content (AvgIpc) is 3.68. The van der Waals surface area contributed by atoms with Crippen molar-refractivity contribution in [2.75, 3.05) is 25.6 Å². The largest absolute Gasteiger partial charge is 0.508 e. The van der Waals surface area contributed by atoms with Crippen molar-refractivity contribution in [3.8, 4) is 12.3 Å². The second-order valence-corrected chi connectivity index (χ2v) is 18.2. The number of anilines is 1. The topological polar surface area (TPSA) is 150 Å². The SMILES string of the molecule is C#C[C@]1(COC(=O)OCCCC23CC4CC(CC(C4)C2)C3)O[C@@H](n2cnc3c(N)nc(F)nc32)C[C@@H]1OC(=O)OCCCC12CC3CC(CC(C3)C1)C2. The maximum atomic E-state index is 14.2. The van der Waals surface area contributed by atoms with E-state index < -0.39 is 42.9 Å². The fourth-order valence-corrected chi connectivity index (χ4v) is 13.2. The van der Waals surface area contributed by atoms with Gasteiger partial charge in [0.25, 0.3) is 0 Å². The average molecular weight is 734 g/mol. The molecule has 0 radical (unpaired) electrons. The number of carbonyl (C=O) groups excluding carboxylic acids is 2. The first kappa shape index (κ1) is 35.1. The molecule has 11 rings (SSSR count). The third kappa shape index (κ3) is 6.82. The fraction of sp³-hybridized carbons (Fsp3) is 0.775. The summed E-state index contributed by atoms with van der Waals surface area (Å²) in [4.78, 5) is 37.7. The first-order valence-corrected chi connectivity index (χ1v) is 20.0. The summed E-state index contributed by atoms with van der Waals surface area (Å²) in [5, 5.41) is 0. The van der Waals surface area contributed by atoms with Gasteiger partial charge >= 0.3 is 18.4 Å². The Morgan fingerprint density at radius 1 is 0.830 bits per heavy atom. The van der Waals surface area contributed by atoms with E-state index in [1.54, 1.807) is 0 Å². The quantitative estimate of drug-likeness (QED) is 0.1000. The highest BCUT2D eigenvalue weighted by atomic mass is 19.1. The van der Waals surface area contributed by atoms with Crippen LogP contribution in [0.3, 0.4) is 0 Å². The van der Waals surface area contributed by atoms with Crippen LogP contribution in [0.15, 0.2) is 6.33 Å². The van der Waals surface area contributed by atoms with Crippen LogP contribution < -0.4 is 5.73 Å². The minimum absolute atomic E-state index is 0.0209. The van der Waals surface area contributed by atoms with E-state index in [9.17, 15) is 14.0 Å². The Morgan fingerprint density at radius 2 is 1.36 bits per heavy atom. The van der Waals surface area contributed by atoms with E-state index >= 15 is 0 Å². The summed E-state index contributed by atoms with van der Waals surface area (Å²) in [5.41, 5.74) is 5.23. The zero-order valence-electron chi connectivity index (χ0n) is 30.5. The lowest BCUT2D eigenvalue weighted by atomic mass is 9.48. The molecule has 0 unspecified atom stereocenters. The van der Waals surface area contributed by atoms with Gasteiger partial charge in [-0.25, -0.2) is 14.6 Å². The number of rotatable bonds is 12. The molecule has 3 atom stereocenters. The van der Waals surface area contributed by atoms with Crippen molar-refractivity contribution in [3.05, 3.63) is 12.4 Å². The number of nitrogens with two attached hydrogens (primary N) is 1. The molecule has 2 aromatic rings. The number of aromatic nitrogens is 4. The van der Waals surface area contributed by atoms with Crippen molar-refractivity contribution in [1.29, 1.82) is 0 Å². The van der Waals surface area contributed by atoms with Crippen molar-refractivity contribution in [2.45, 2.75) is 127 Å². The number of hydrogen-bond acceptors (Lipinski definition) is 11. The standard InChI is InChI=1S/C40H52FN5O7/c1-2-40(22-51-36(47)49-7-3-5-38-16-24-9-25(17-38)11-26(10-24)18-38)30(15-31(53-40)46-23-43-32-33(42)44-35(41)45-34(32)46)52-37(48)50-8-4-6-39-19-27-12-28(20-39)14-29(13-27)21-39/h1,23-31H,3-22H2,(H2,42,44,45)/t24?,25?,26?,27?,28?,29?,30-,31+,38?,39?,40+/m0/s1. The number of terminal acetylenes is 1. The lowest BCUT2D eigenvalue weighted by Crippen LogP contribution is -2.46. The minimum atomic E-state index is -1.70. The van der Waals surface area contributed by atoms with Crippen LogP contribution in [0.4, 0.5) is 19.8 Å². The summed E-state index contributed by atoms with van der Waals surface area (Å²) in [6, 6.07) is 0. The zero-order valence-corrected chi connectivity index (χ0v) is 30.5. The van der Waals surface area contributed by atoms with Crippen LogP contribution >= 0.6 is 0 Å². The first-order chi connectivity index (χ1) is 25.6. The van der Waals surface area contributed by atoms with Crippen LogP contribution in [0.25, 0.3) is 11.2 Å². The Bertz CT molecular complexity index is 1700. The number of nitrogens with zero attached hydrogens (tertiary/aromatic N) is 4. The highest BCUT2D eigenvalue weighted by Gasteiger charge is 2.54. The van der Waals surface area contributed by atoms with Crippen LogP contribution in [0.2, 0.25) is 0 Å². The first-order valence-electron chi connectivity index (χ1n) is 20.0. The van der Waals surface area contributed by atoms with E-state index in [0.717, 1.165) is 61.2 Å². The fourth-order valence-electron chi connectivity index (χ4n) is 13.2. The second-order valence-electron chi connectivity index (χ2n) is 18.2. The number of imidazole rings is 1. The summed E-state index contributed by atoms with van der Waals surface area (Å²) in [5.74, 6) is 7.62. The van der Waals surface area contributed by atoms with E-state index in [0.29, 0.717) is 10.8 Å². The highest BCUT2D eigenvalue weighted by molar-refractivity contribution is 5.81. The third-order valence-electron chi connectivity index (χ3n) is 14.4. The minimum Gasteiger partial charge on any atom is -0.434 e. The number of fused-ring (bicyclic) bond motifs is 1. The van der Waals surface area contributed by atoms with Gasteiger partial charge in [0.2, 0.25) is 5.60 Å². The van der Waals surface area contributed by atoms with Crippen molar-refractivity contribution >= 4 is 29.3 Å². The van der Waals surface area contributed by atoms with Crippen LogP contribution in [0, 0.1) is 64.8 Å². The Hall–Kier alpha value is -3.66. The molecule has 0 aromatic carbocycles. The highest BCUT2D eigenvalue weighted by Crippen LogP contribution is 2.62. The van der Waals surface area contributed by atoms with Gasteiger partial charge in [-0.15, -0.1) is 6.42 Å². The van der Waals surface area contributed by atoms with Gasteiger partial charge in [0, 0.05) is 6.42 Å². The summed E-state index contributed by atoms with van der Waals surface area (Å²) in [7, 11) is 0. The summed E-state index contributed by atoms with van der Waals surface area (Å²) in [6.07, 6.45) is 22.4. The number of nitrogen functional groups attached to an aromatic ring is 1. The maximum Gasteiger partial charge on any atom is 0.508 e. The lowest BCUT2D eigenvalue weighted by Gasteiger charge is -2.57. The number of carbonyl (C=O) groups is 2. The van der Waals surface area contributed by atoms with Crippen molar-refractivity contribution in [1.82, 2.24) is 19.5 Å². The van der Waals surface area contributed by atoms with Gasteiger partial charge in [-0.05, 0) is 149 Å². The third-order valence-corrected chi connectivity index (χ3v) is 14.4. The number of ether oxygens (including phenoxy) is 5. The van der Waals surface area contributed by atoms with Gasteiger partial charge in [0.1, 0.15) is 12.8 Å². The molecule has 9 aliphatic rings. The summed E-state index contributed by atoms with van der Waals surface area (Å²) < 4.78 is 44.4. The zero-order chi connectivity index (χ0) is 36.4. The molecule has 2 aromatic heterocycles. The Balaban J connectivity index is 0.820. The van der Waals surface area contributed by atoms with Crippen molar-refractivity contribution in [2.24, 2.45) is 46.3 Å². The van der Waals surface area contributed by atoms with Crippen LogP contribution in [0.1, 0.15) is 115 Å². The Morgan fingerprint density at radius 3 is 1.89 bits per heavy atom. The van der Waals surface area contributed by atoms with Gasteiger partial charge in [-0.2, -0.15) is 14.4 Å². The van der Waals surface area contributed by atoms with E-state index in [-0.39, 0.29) is 36.6 Å². The second kappa shape index (κ2) is 13.6. The molecule has 2 N–H and O–H groups in total. The van der Waals surface area contributed by atoms with E-state index in [1.807, 2.05) is 0 Å². The molecule has 1 saturated heterocycles. The molecule has 8 bridgehead atoms. The lowest BCUT2D eigenvalue weighted by molar-refractivity contribution is -0.106. The molecule has 8 aliphatic carbocycles.